The maximum absolute atomic E-state index is 12.5. The normalized spacial score (nSPS) is 11.4. The number of halogens is 2. The fourth-order valence-corrected chi connectivity index (χ4v) is 4.17. The fourth-order valence-electron chi connectivity index (χ4n) is 3.18. The van der Waals surface area contributed by atoms with Crippen molar-refractivity contribution < 1.29 is 9.53 Å². The van der Waals surface area contributed by atoms with E-state index in [0.717, 1.165) is 22.6 Å². The first-order valence-electron chi connectivity index (χ1n) is 10.5. The highest BCUT2D eigenvalue weighted by Crippen LogP contribution is 2.29. The number of benzene rings is 3. The molecule has 1 amide bonds. The van der Waals surface area contributed by atoms with Crippen molar-refractivity contribution in [3.63, 3.8) is 0 Å². The summed E-state index contributed by atoms with van der Waals surface area (Å²) < 4.78 is 7.04. The van der Waals surface area contributed by atoms with Gasteiger partial charge in [-0.2, -0.15) is 5.10 Å². The molecule has 35 heavy (non-hydrogen) atoms. The zero-order valence-corrected chi connectivity index (χ0v) is 21.2. The van der Waals surface area contributed by atoms with Crippen molar-refractivity contribution >= 4 is 46.6 Å². The summed E-state index contributed by atoms with van der Waals surface area (Å²) in [6, 6.07) is 22.1. The average molecular weight is 526 g/mol. The van der Waals surface area contributed by atoms with Crippen LogP contribution in [0.25, 0.3) is 17.1 Å². The van der Waals surface area contributed by atoms with E-state index in [1.807, 2.05) is 60.0 Å². The highest BCUT2D eigenvalue weighted by molar-refractivity contribution is 7.99. The van der Waals surface area contributed by atoms with E-state index in [1.165, 1.54) is 11.8 Å². The van der Waals surface area contributed by atoms with Crippen LogP contribution in [0.4, 0.5) is 0 Å². The van der Waals surface area contributed by atoms with Crippen LogP contribution in [0.15, 0.2) is 83.1 Å². The Hall–Kier alpha value is -3.33. The SMILES string of the molecule is COc1ccc(/C(C)=N\NC(=O)CSc2nnc(-c3ccc(Cl)cc3)n2-c2ccc(Cl)cc2)cc1. The lowest BCUT2D eigenvalue weighted by Gasteiger charge is -2.10. The van der Waals surface area contributed by atoms with Gasteiger partial charge in [0.2, 0.25) is 0 Å². The van der Waals surface area contributed by atoms with Crippen molar-refractivity contribution in [1.29, 1.82) is 0 Å². The van der Waals surface area contributed by atoms with E-state index in [-0.39, 0.29) is 11.7 Å². The third kappa shape index (κ3) is 6.22. The number of amides is 1. The predicted molar refractivity (Wildman–Crippen MR) is 141 cm³/mol. The molecule has 1 aromatic heterocycles. The topological polar surface area (TPSA) is 81.4 Å². The molecule has 0 spiro atoms. The van der Waals surface area contributed by atoms with Crippen molar-refractivity contribution in [3.05, 3.63) is 88.4 Å². The van der Waals surface area contributed by atoms with Crippen LogP contribution >= 0.6 is 35.0 Å². The van der Waals surface area contributed by atoms with Crippen molar-refractivity contribution in [2.45, 2.75) is 12.1 Å². The lowest BCUT2D eigenvalue weighted by Crippen LogP contribution is -2.21. The molecule has 0 saturated heterocycles. The van der Waals surface area contributed by atoms with E-state index >= 15 is 0 Å². The van der Waals surface area contributed by atoms with Gasteiger partial charge in [0.15, 0.2) is 11.0 Å². The number of hydrogen-bond acceptors (Lipinski definition) is 6. The quantitative estimate of drug-likeness (QED) is 0.176. The molecular weight excluding hydrogens is 505 g/mol. The lowest BCUT2D eigenvalue weighted by molar-refractivity contribution is -0.118. The molecule has 10 heteroatoms. The van der Waals surface area contributed by atoms with Crippen LogP contribution < -0.4 is 10.2 Å². The van der Waals surface area contributed by atoms with Crippen LogP contribution in [0.5, 0.6) is 5.75 Å². The zero-order chi connectivity index (χ0) is 24.8. The maximum atomic E-state index is 12.5. The van der Waals surface area contributed by atoms with Crippen LogP contribution in [0.3, 0.4) is 0 Å². The molecule has 1 heterocycles. The number of ether oxygens (including phenoxy) is 1. The van der Waals surface area contributed by atoms with Gasteiger partial charge in [-0.3, -0.25) is 9.36 Å². The molecule has 0 unspecified atom stereocenters. The van der Waals surface area contributed by atoms with Crippen LogP contribution in [0.1, 0.15) is 12.5 Å². The summed E-state index contributed by atoms with van der Waals surface area (Å²) in [6.07, 6.45) is 0. The molecule has 4 aromatic rings. The van der Waals surface area contributed by atoms with Crippen molar-refractivity contribution in [2.24, 2.45) is 5.10 Å². The smallest absolute Gasteiger partial charge is 0.250 e. The minimum absolute atomic E-state index is 0.103. The van der Waals surface area contributed by atoms with Gasteiger partial charge < -0.3 is 4.74 Å². The molecule has 4 rings (SSSR count). The Bertz CT molecular complexity index is 1340. The summed E-state index contributed by atoms with van der Waals surface area (Å²) in [4.78, 5) is 12.5. The number of nitrogens with one attached hydrogen (secondary N) is 1. The number of carbonyl (C=O) groups is 1. The monoisotopic (exact) mass is 525 g/mol. The van der Waals surface area contributed by atoms with Gasteiger partial charge in [-0.05, 0) is 85.3 Å². The second-order valence-electron chi connectivity index (χ2n) is 7.37. The average Bonchev–Trinajstić information content (AvgIpc) is 3.31. The predicted octanol–water partition coefficient (Wildman–Crippen LogP) is 5.88. The first kappa shape index (κ1) is 24.8. The minimum Gasteiger partial charge on any atom is -0.497 e. The standard InChI is InChI=1S/C25H21Cl2N5O2S/c1-16(17-5-13-22(34-2)14-6-17)28-29-23(33)15-35-25-31-30-24(18-3-7-19(26)8-4-18)32(25)21-11-9-20(27)10-12-21/h3-14H,15H2,1-2H3,(H,29,33)/b28-16-. The minimum atomic E-state index is -0.262. The van der Waals surface area contributed by atoms with Gasteiger partial charge >= 0.3 is 0 Å². The number of hydrazone groups is 1. The number of thioether (sulfide) groups is 1. The van der Waals surface area contributed by atoms with Gasteiger partial charge in [0.1, 0.15) is 5.75 Å². The summed E-state index contributed by atoms with van der Waals surface area (Å²) in [5, 5.41) is 14.7. The summed E-state index contributed by atoms with van der Waals surface area (Å²) in [6.45, 7) is 1.82. The summed E-state index contributed by atoms with van der Waals surface area (Å²) in [5.41, 5.74) is 5.82. The fraction of sp³-hybridized carbons (Fsp3) is 0.120. The maximum Gasteiger partial charge on any atom is 0.250 e. The summed E-state index contributed by atoms with van der Waals surface area (Å²) in [7, 11) is 1.61. The molecule has 0 radical (unpaired) electrons. The van der Waals surface area contributed by atoms with Gasteiger partial charge in [-0.15, -0.1) is 10.2 Å². The van der Waals surface area contributed by atoms with Crippen LogP contribution in [0.2, 0.25) is 10.0 Å². The molecule has 178 valence electrons. The summed E-state index contributed by atoms with van der Waals surface area (Å²) >= 11 is 13.4. The number of methoxy groups -OCH3 is 1. The highest BCUT2D eigenvalue weighted by atomic mass is 35.5. The van der Waals surface area contributed by atoms with E-state index in [4.69, 9.17) is 27.9 Å². The van der Waals surface area contributed by atoms with Gasteiger partial charge in [0.25, 0.3) is 5.91 Å². The van der Waals surface area contributed by atoms with E-state index in [1.54, 1.807) is 31.4 Å². The number of carbonyl (C=O) groups excluding carboxylic acids is 1. The summed E-state index contributed by atoms with van der Waals surface area (Å²) in [5.74, 6) is 1.22. The molecule has 0 aliphatic heterocycles. The van der Waals surface area contributed by atoms with E-state index in [0.29, 0.717) is 26.7 Å². The third-order valence-corrected chi connectivity index (χ3v) is 6.44. The first-order valence-corrected chi connectivity index (χ1v) is 12.3. The largest absolute Gasteiger partial charge is 0.497 e. The second kappa shape index (κ2) is 11.4. The molecule has 3 aromatic carbocycles. The van der Waals surface area contributed by atoms with Gasteiger partial charge in [-0.25, -0.2) is 5.43 Å². The number of aromatic nitrogens is 3. The van der Waals surface area contributed by atoms with E-state index in [9.17, 15) is 4.79 Å². The van der Waals surface area contributed by atoms with Crippen LogP contribution in [-0.2, 0) is 4.79 Å². The Labute approximate surface area is 217 Å². The van der Waals surface area contributed by atoms with E-state index in [2.05, 4.69) is 20.7 Å². The molecule has 0 aliphatic carbocycles. The molecular formula is C25H21Cl2N5O2S. The molecule has 0 aliphatic rings. The molecule has 0 saturated carbocycles. The molecule has 0 atom stereocenters. The van der Waals surface area contributed by atoms with Crippen molar-refractivity contribution in [2.75, 3.05) is 12.9 Å². The van der Waals surface area contributed by atoms with Crippen LogP contribution in [0, 0.1) is 0 Å². The lowest BCUT2D eigenvalue weighted by atomic mass is 10.1. The van der Waals surface area contributed by atoms with Gasteiger partial charge in [0, 0.05) is 21.3 Å². The Morgan fingerprint density at radius 2 is 1.60 bits per heavy atom. The third-order valence-electron chi connectivity index (χ3n) is 5.01. The van der Waals surface area contributed by atoms with Gasteiger partial charge in [-0.1, -0.05) is 35.0 Å². The van der Waals surface area contributed by atoms with Crippen molar-refractivity contribution in [1.82, 2.24) is 20.2 Å². The zero-order valence-electron chi connectivity index (χ0n) is 18.9. The molecule has 7 nitrogen and oxygen atoms in total. The van der Waals surface area contributed by atoms with Crippen LogP contribution in [-0.4, -0.2) is 39.2 Å². The Balaban J connectivity index is 1.51. The molecule has 0 bridgehead atoms. The Morgan fingerprint density at radius 3 is 2.23 bits per heavy atom. The van der Waals surface area contributed by atoms with E-state index < -0.39 is 0 Å². The second-order valence-corrected chi connectivity index (χ2v) is 9.19. The number of nitrogens with zero attached hydrogens (tertiary/aromatic N) is 4. The molecule has 0 fully saturated rings. The van der Waals surface area contributed by atoms with Gasteiger partial charge in [0.05, 0.1) is 18.6 Å². The van der Waals surface area contributed by atoms with Crippen molar-refractivity contribution in [3.8, 4) is 22.8 Å². The molecule has 1 N–H and O–H groups in total. The first-order chi connectivity index (χ1) is 16.9. The highest BCUT2D eigenvalue weighted by Gasteiger charge is 2.17. The number of rotatable bonds is 8. The number of hydrogen-bond donors (Lipinski definition) is 1. The Morgan fingerprint density at radius 1 is 0.971 bits per heavy atom. The Kier molecular flexibility index (Phi) is 8.07.